The molecule has 1 aromatic rings. The van der Waals surface area contributed by atoms with Crippen molar-refractivity contribution in [1.29, 1.82) is 0 Å². The molecular weight excluding hydrogens is 244 g/mol. The average Bonchev–Trinajstić information content (AvgIpc) is 2.42. The maximum absolute atomic E-state index is 11.8. The van der Waals surface area contributed by atoms with E-state index in [1.54, 1.807) is 18.2 Å². The summed E-state index contributed by atoms with van der Waals surface area (Å²) in [7, 11) is 0. The summed E-state index contributed by atoms with van der Waals surface area (Å²) < 4.78 is 5.27. The van der Waals surface area contributed by atoms with Gasteiger partial charge in [-0.1, -0.05) is 6.07 Å². The maximum Gasteiger partial charge on any atom is 0.319 e. The molecule has 0 aliphatic carbocycles. The Kier molecular flexibility index (Phi) is 4.63. The van der Waals surface area contributed by atoms with Gasteiger partial charge in [0.25, 0.3) is 0 Å². The van der Waals surface area contributed by atoms with Crippen molar-refractivity contribution in [3.63, 3.8) is 0 Å². The standard InChI is InChI=1S/C14H20N2O3/c1-10-2-3-13(17)12(8-10)16-14(18)15-9-11-4-6-19-7-5-11/h2-3,8,11,17H,4-7,9H2,1H3,(H2,15,16,18). The normalized spacial score (nSPS) is 16.1. The molecular formula is C14H20N2O3. The molecule has 5 nitrogen and oxygen atoms in total. The van der Waals surface area contributed by atoms with Crippen LogP contribution in [0.2, 0.25) is 0 Å². The van der Waals surface area contributed by atoms with Gasteiger partial charge in [0.2, 0.25) is 0 Å². The number of anilines is 1. The van der Waals surface area contributed by atoms with E-state index in [9.17, 15) is 9.90 Å². The van der Waals surface area contributed by atoms with E-state index in [1.165, 1.54) is 0 Å². The summed E-state index contributed by atoms with van der Waals surface area (Å²) in [6.45, 7) is 4.09. The quantitative estimate of drug-likeness (QED) is 0.733. The minimum absolute atomic E-state index is 0.0758. The van der Waals surface area contributed by atoms with Crippen LogP contribution in [0, 0.1) is 12.8 Å². The molecule has 0 bridgehead atoms. The molecule has 2 amide bonds. The van der Waals surface area contributed by atoms with Gasteiger partial charge in [0.15, 0.2) is 0 Å². The van der Waals surface area contributed by atoms with Crippen molar-refractivity contribution in [2.45, 2.75) is 19.8 Å². The molecule has 1 fully saturated rings. The van der Waals surface area contributed by atoms with E-state index in [0.29, 0.717) is 18.2 Å². The van der Waals surface area contributed by atoms with Crippen molar-refractivity contribution in [2.24, 2.45) is 5.92 Å². The van der Waals surface area contributed by atoms with Crippen molar-refractivity contribution >= 4 is 11.7 Å². The Bertz CT molecular complexity index is 442. The molecule has 1 saturated heterocycles. The minimum atomic E-state index is -0.285. The number of phenols is 1. The number of benzene rings is 1. The van der Waals surface area contributed by atoms with Crippen molar-refractivity contribution in [3.05, 3.63) is 23.8 Å². The van der Waals surface area contributed by atoms with Gasteiger partial charge in [0.1, 0.15) is 5.75 Å². The van der Waals surface area contributed by atoms with Crippen LogP contribution in [0.1, 0.15) is 18.4 Å². The Hall–Kier alpha value is -1.75. The fraction of sp³-hybridized carbons (Fsp3) is 0.500. The molecule has 1 aliphatic rings. The van der Waals surface area contributed by atoms with Gasteiger partial charge in [0, 0.05) is 19.8 Å². The van der Waals surface area contributed by atoms with Gasteiger partial charge < -0.3 is 20.5 Å². The van der Waals surface area contributed by atoms with E-state index in [1.807, 2.05) is 6.92 Å². The molecule has 104 valence electrons. The Labute approximate surface area is 113 Å². The molecule has 0 atom stereocenters. The summed E-state index contributed by atoms with van der Waals surface area (Å²) in [5.41, 5.74) is 1.42. The molecule has 2 rings (SSSR count). The molecule has 0 aromatic heterocycles. The highest BCUT2D eigenvalue weighted by molar-refractivity contribution is 5.90. The molecule has 1 aromatic carbocycles. The SMILES string of the molecule is Cc1ccc(O)c(NC(=O)NCC2CCOCC2)c1. The van der Waals surface area contributed by atoms with Crippen LogP contribution in [0.5, 0.6) is 5.75 Å². The Morgan fingerprint density at radius 2 is 2.16 bits per heavy atom. The van der Waals surface area contributed by atoms with Crippen LogP contribution in [0.25, 0.3) is 0 Å². The van der Waals surface area contributed by atoms with Gasteiger partial charge in [-0.25, -0.2) is 4.79 Å². The number of ether oxygens (including phenoxy) is 1. The molecule has 3 N–H and O–H groups in total. The predicted molar refractivity (Wildman–Crippen MR) is 73.4 cm³/mol. The molecule has 1 aliphatic heterocycles. The fourth-order valence-corrected chi connectivity index (χ4v) is 2.10. The lowest BCUT2D eigenvalue weighted by Crippen LogP contribution is -2.35. The summed E-state index contributed by atoms with van der Waals surface area (Å²) in [6.07, 6.45) is 1.96. The summed E-state index contributed by atoms with van der Waals surface area (Å²) in [5, 5.41) is 15.1. The third kappa shape index (κ3) is 4.13. The third-order valence-electron chi connectivity index (χ3n) is 3.29. The second-order valence-electron chi connectivity index (χ2n) is 4.91. The number of aryl methyl sites for hydroxylation is 1. The number of aromatic hydroxyl groups is 1. The molecule has 0 radical (unpaired) electrons. The summed E-state index contributed by atoms with van der Waals surface area (Å²) in [5.74, 6) is 0.553. The average molecular weight is 264 g/mol. The number of hydrogen-bond donors (Lipinski definition) is 3. The number of nitrogens with one attached hydrogen (secondary N) is 2. The molecule has 19 heavy (non-hydrogen) atoms. The molecule has 0 unspecified atom stereocenters. The monoisotopic (exact) mass is 264 g/mol. The Morgan fingerprint density at radius 3 is 2.89 bits per heavy atom. The van der Waals surface area contributed by atoms with Gasteiger partial charge in [-0.3, -0.25) is 0 Å². The minimum Gasteiger partial charge on any atom is -0.506 e. The third-order valence-corrected chi connectivity index (χ3v) is 3.29. The van der Waals surface area contributed by atoms with Crippen LogP contribution < -0.4 is 10.6 Å². The van der Waals surface area contributed by atoms with E-state index in [0.717, 1.165) is 31.6 Å². The summed E-state index contributed by atoms with van der Waals surface area (Å²) >= 11 is 0. The number of carbonyl (C=O) groups excluding carboxylic acids is 1. The smallest absolute Gasteiger partial charge is 0.319 e. The lowest BCUT2D eigenvalue weighted by atomic mass is 10.0. The lowest BCUT2D eigenvalue weighted by molar-refractivity contribution is 0.0671. The van der Waals surface area contributed by atoms with Crippen molar-refractivity contribution < 1.29 is 14.6 Å². The van der Waals surface area contributed by atoms with Crippen LogP contribution in [0.15, 0.2) is 18.2 Å². The van der Waals surface area contributed by atoms with Crippen LogP contribution in [0.4, 0.5) is 10.5 Å². The molecule has 0 spiro atoms. The van der Waals surface area contributed by atoms with Gasteiger partial charge in [-0.05, 0) is 43.4 Å². The van der Waals surface area contributed by atoms with E-state index in [-0.39, 0.29) is 11.8 Å². The van der Waals surface area contributed by atoms with E-state index < -0.39 is 0 Å². The second-order valence-corrected chi connectivity index (χ2v) is 4.91. The first-order chi connectivity index (χ1) is 9.15. The predicted octanol–water partition coefficient (Wildman–Crippen LogP) is 2.25. The van der Waals surface area contributed by atoms with Gasteiger partial charge in [0.05, 0.1) is 5.69 Å². The van der Waals surface area contributed by atoms with Crippen LogP contribution in [-0.4, -0.2) is 30.9 Å². The Balaban J connectivity index is 1.81. The highest BCUT2D eigenvalue weighted by Gasteiger charge is 2.15. The molecule has 0 saturated carbocycles. The number of carbonyl (C=O) groups is 1. The van der Waals surface area contributed by atoms with E-state index in [2.05, 4.69) is 10.6 Å². The van der Waals surface area contributed by atoms with Gasteiger partial charge >= 0.3 is 6.03 Å². The first kappa shape index (κ1) is 13.7. The summed E-state index contributed by atoms with van der Waals surface area (Å²) in [6, 6.07) is 4.82. The number of rotatable bonds is 3. The first-order valence-corrected chi connectivity index (χ1v) is 6.57. The maximum atomic E-state index is 11.8. The zero-order chi connectivity index (χ0) is 13.7. The number of amides is 2. The number of phenolic OH excluding ortho intramolecular Hbond substituents is 1. The second kappa shape index (κ2) is 6.43. The molecule has 1 heterocycles. The van der Waals surface area contributed by atoms with Gasteiger partial charge in [-0.15, -0.1) is 0 Å². The highest BCUT2D eigenvalue weighted by atomic mass is 16.5. The van der Waals surface area contributed by atoms with Crippen LogP contribution in [0.3, 0.4) is 0 Å². The van der Waals surface area contributed by atoms with Crippen LogP contribution >= 0.6 is 0 Å². The lowest BCUT2D eigenvalue weighted by Gasteiger charge is -2.22. The van der Waals surface area contributed by atoms with Gasteiger partial charge in [-0.2, -0.15) is 0 Å². The number of hydrogen-bond acceptors (Lipinski definition) is 3. The fourth-order valence-electron chi connectivity index (χ4n) is 2.10. The zero-order valence-electron chi connectivity index (χ0n) is 11.1. The van der Waals surface area contributed by atoms with Crippen molar-refractivity contribution in [1.82, 2.24) is 5.32 Å². The largest absolute Gasteiger partial charge is 0.506 e. The number of urea groups is 1. The highest BCUT2D eigenvalue weighted by Crippen LogP contribution is 2.23. The molecule has 5 heteroatoms. The topological polar surface area (TPSA) is 70.6 Å². The zero-order valence-corrected chi connectivity index (χ0v) is 11.1. The first-order valence-electron chi connectivity index (χ1n) is 6.57. The summed E-state index contributed by atoms with van der Waals surface area (Å²) in [4.78, 5) is 11.8. The Morgan fingerprint density at radius 1 is 1.42 bits per heavy atom. The van der Waals surface area contributed by atoms with E-state index >= 15 is 0 Å². The van der Waals surface area contributed by atoms with Crippen molar-refractivity contribution in [2.75, 3.05) is 25.1 Å². The van der Waals surface area contributed by atoms with Crippen molar-refractivity contribution in [3.8, 4) is 5.75 Å². The van der Waals surface area contributed by atoms with Crippen LogP contribution in [-0.2, 0) is 4.74 Å². The van der Waals surface area contributed by atoms with E-state index in [4.69, 9.17) is 4.74 Å².